The van der Waals surface area contributed by atoms with Crippen molar-refractivity contribution in [2.45, 2.75) is 6.18 Å². The molecular weight excluding hydrogens is 329 g/mol. The summed E-state index contributed by atoms with van der Waals surface area (Å²) < 4.78 is 41.6. The minimum atomic E-state index is -4.76. The van der Waals surface area contributed by atoms with Crippen LogP contribution >= 0.6 is 0 Å². The van der Waals surface area contributed by atoms with Gasteiger partial charge in [-0.05, 0) is 12.1 Å². The molecular formula is C14H9F3N4O3. The number of alkyl halides is 3. The predicted molar refractivity (Wildman–Crippen MR) is 75.6 cm³/mol. The molecule has 2 rings (SSSR count). The Morgan fingerprint density at radius 3 is 2.83 bits per heavy atom. The van der Waals surface area contributed by atoms with E-state index in [-0.39, 0.29) is 29.1 Å². The summed E-state index contributed by atoms with van der Waals surface area (Å²) in [4.78, 5) is 19.3. The summed E-state index contributed by atoms with van der Waals surface area (Å²) in [5.74, 6) is -0.371. The second-order valence-corrected chi connectivity index (χ2v) is 4.30. The van der Waals surface area contributed by atoms with Gasteiger partial charge >= 0.3 is 12.1 Å². The van der Waals surface area contributed by atoms with Gasteiger partial charge in [-0.3, -0.25) is 4.79 Å². The normalized spacial score (nSPS) is 11.4. The van der Waals surface area contributed by atoms with Gasteiger partial charge < -0.3 is 15.1 Å². The maximum Gasteiger partial charge on any atom is 0.471 e. The summed E-state index contributed by atoms with van der Waals surface area (Å²) in [6.07, 6.45) is 1.37. The van der Waals surface area contributed by atoms with E-state index in [0.29, 0.717) is 0 Å². The lowest BCUT2D eigenvalue weighted by Gasteiger charge is -2.03. The van der Waals surface area contributed by atoms with Crippen molar-refractivity contribution >= 4 is 12.1 Å². The number of aromatic nitrogens is 2. The van der Waals surface area contributed by atoms with E-state index in [1.807, 2.05) is 0 Å². The average Bonchev–Trinajstić information content (AvgIpc) is 3.01. The Hall–Kier alpha value is -3.35. The van der Waals surface area contributed by atoms with E-state index in [2.05, 4.69) is 25.7 Å². The Morgan fingerprint density at radius 2 is 2.25 bits per heavy atom. The maximum absolute atomic E-state index is 12.5. The Balaban J connectivity index is 2.39. The summed E-state index contributed by atoms with van der Waals surface area (Å²) in [5, 5.41) is 6.79. The van der Waals surface area contributed by atoms with Gasteiger partial charge in [0.2, 0.25) is 11.7 Å². The van der Waals surface area contributed by atoms with E-state index in [0.717, 1.165) is 6.21 Å². The van der Waals surface area contributed by atoms with Crippen LogP contribution in [0, 0.1) is 12.3 Å². The van der Waals surface area contributed by atoms with Crippen LogP contribution < -0.4 is 5.73 Å². The zero-order valence-corrected chi connectivity index (χ0v) is 11.9. The second-order valence-electron chi connectivity index (χ2n) is 4.30. The van der Waals surface area contributed by atoms with Gasteiger partial charge in [0.1, 0.15) is 0 Å². The van der Waals surface area contributed by atoms with Gasteiger partial charge in [0.15, 0.2) is 6.61 Å². The molecule has 0 saturated heterocycles. The fourth-order valence-corrected chi connectivity index (χ4v) is 1.66. The van der Waals surface area contributed by atoms with Crippen LogP contribution in [0.25, 0.3) is 11.4 Å². The minimum Gasteiger partial charge on any atom is -0.383 e. The lowest BCUT2D eigenvalue weighted by Crippen LogP contribution is -2.13. The van der Waals surface area contributed by atoms with Crippen LogP contribution in [-0.2, 0) is 11.0 Å². The number of carbonyl (C=O) groups excluding carboxylic acids is 1. The summed E-state index contributed by atoms with van der Waals surface area (Å²) in [5.41, 5.74) is 5.65. The lowest BCUT2D eigenvalue weighted by molar-refractivity contribution is -0.159. The molecule has 0 unspecified atom stereocenters. The molecule has 1 aromatic heterocycles. The van der Waals surface area contributed by atoms with Crippen LogP contribution in [0.1, 0.15) is 21.8 Å². The molecule has 0 aliphatic rings. The van der Waals surface area contributed by atoms with Gasteiger partial charge in [-0.25, -0.2) is 0 Å². The molecule has 0 fully saturated rings. The molecule has 2 aromatic rings. The molecule has 0 atom stereocenters. The van der Waals surface area contributed by atoms with E-state index in [1.54, 1.807) is 0 Å². The number of oxime groups is 1. The van der Waals surface area contributed by atoms with Crippen LogP contribution in [0.5, 0.6) is 0 Å². The lowest BCUT2D eigenvalue weighted by atomic mass is 10.0. The average molecular weight is 338 g/mol. The van der Waals surface area contributed by atoms with Crippen LogP contribution in [0.3, 0.4) is 0 Å². The van der Waals surface area contributed by atoms with Crippen LogP contribution in [-0.4, -0.2) is 28.9 Å². The first-order valence-electron chi connectivity index (χ1n) is 6.27. The molecule has 10 heteroatoms. The first-order chi connectivity index (χ1) is 11.3. The van der Waals surface area contributed by atoms with E-state index in [9.17, 15) is 18.0 Å². The van der Waals surface area contributed by atoms with E-state index in [4.69, 9.17) is 17.0 Å². The molecule has 0 radical (unpaired) electrons. The number of nitrogens with two attached hydrogens (primary N) is 1. The fourth-order valence-electron chi connectivity index (χ4n) is 1.66. The van der Waals surface area contributed by atoms with E-state index < -0.39 is 18.0 Å². The number of amides is 1. The summed E-state index contributed by atoms with van der Waals surface area (Å²) in [6.45, 7) is -0.0954. The van der Waals surface area contributed by atoms with Gasteiger partial charge in [-0.2, -0.15) is 18.2 Å². The van der Waals surface area contributed by atoms with E-state index in [1.165, 1.54) is 18.2 Å². The van der Waals surface area contributed by atoms with Crippen molar-refractivity contribution in [3.05, 3.63) is 35.2 Å². The number of hydrogen-bond acceptors (Lipinski definition) is 6. The zero-order valence-electron chi connectivity index (χ0n) is 11.9. The predicted octanol–water partition coefficient (Wildman–Crippen LogP) is 1.84. The van der Waals surface area contributed by atoms with Gasteiger partial charge in [0, 0.05) is 16.7 Å². The highest BCUT2D eigenvalue weighted by Gasteiger charge is 2.38. The number of halogens is 3. The summed E-state index contributed by atoms with van der Waals surface area (Å²) >= 11 is 0. The minimum absolute atomic E-state index is 0.0753. The fraction of sp³-hybridized carbons (Fsp3) is 0.143. The first-order valence-corrected chi connectivity index (χ1v) is 6.27. The second kappa shape index (κ2) is 6.82. The number of primary amides is 1. The molecule has 124 valence electrons. The Kier molecular flexibility index (Phi) is 4.84. The molecule has 2 N–H and O–H groups in total. The third-order valence-electron chi connectivity index (χ3n) is 2.66. The molecule has 1 aromatic carbocycles. The standard InChI is InChI=1S/C14H9F3N4O3/c1-2-5-23-19-7-9-6-8(3-4-10(9)11(18)22)12-20-13(24-21-12)14(15,16)17/h1,3-4,6-7H,5H2,(H2,18,22)/b19-7-. The summed E-state index contributed by atoms with van der Waals surface area (Å²) in [7, 11) is 0. The number of hydrogen-bond donors (Lipinski definition) is 1. The molecule has 0 spiro atoms. The highest BCUT2D eigenvalue weighted by atomic mass is 19.4. The number of rotatable bonds is 5. The number of nitrogens with zero attached hydrogens (tertiary/aromatic N) is 3. The van der Waals surface area contributed by atoms with Gasteiger partial charge in [0.25, 0.3) is 0 Å². The third-order valence-corrected chi connectivity index (χ3v) is 2.66. The maximum atomic E-state index is 12.5. The third kappa shape index (κ3) is 3.89. The quantitative estimate of drug-likeness (QED) is 0.388. The number of carbonyl (C=O) groups is 1. The molecule has 1 amide bonds. The van der Waals surface area contributed by atoms with Crippen molar-refractivity contribution in [2.75, 3.05) is 6.61 Å². The Bertz CT molecular complexity index is 821. The van der Waals surface area contributed by atoms with Crippen LogP contribution in [0.4, 0.5) is 13.2 Å². The van der Waals surface area contributed by atoms with Crippen molar-refractivity contribution in [2.24, 2.45) is 10.9 Å². The van der Waals surface area contributed by atoms with Crippen LogP contribution in [0.2, 0.25) is 0 Å². The molecule has 0 aliphatic carbocycles. The van der Waals surface area contributed by atoms with Crippen molar-refractivity contribution < 1.29 is 27.3 Å². The molecule has 24 heavy (non-hydrogen) atoms. The van der Waals surface area contributed by atoms with Crippen molar-refractivity contribution in [1.82, 2.24) is 10.1 Å². The molecule has 0 bridgehead atoms. The van der Waals surface area contributed by atoms with Crippen molar-refractivity contribution in [1.29, 1.82) is 0 Å². The van der Waals surface area contributed by atoms with Crippen molar-refractivity contribution in [3.8, 4) is 23.7 Å². The molecule has 0 aliphatic heterocycles. The highest BCUT2D eigenvalue weighted by molar-refractivity contribution is 6.02. The van der Waals surface area contributed by atoms with Gasteiger partial charge in [0.05, 0.1) is 6.21 Å². The van der Waals surface area contributed by atoms with Crippen LogP contribution in [0.15, 0.2) is 27.9 Å². The number of benzene rings is 1. The first kappa shape index (κ1) is 17.0. The van der Waals surface area contributed by atoms with Crippen molar-refractivity contribution in [3.63, 3.8) is 0 Å². The smallest absolute Gasteiger partial charge is 0.383 e. The van der Waals surface area contributed by atoms with E-state index >= 15 is 0 Å². The highest BCUT2D eigenvalue weighted by Crippen LogP contribution is 2.29. The summed E-state index contributed by atoms with van der Waals surface area (Å²) in [6, 6.07) is 3.93. The SMILES string of the molecule is C#CCO/N=C\c1cc(-c2noc(C(F)(F)F)n2)ccc1C(N)=O. The Labute approximate surface area is 133 Å². The van der Waals surface area contributed by atoms with Gasteiger partial charge in [-0.15, -0.1) is 6.42 Å². The number of terminal acetylenes is 1. The molecule has 0 saturated carbocycles. The Morgan fingerprint density at radius 1 is 1.50 bits per heavy atom. The molecule has 7 nitrogen and oxygen atoms in total. The van der Waals surface area contributed by atoms with Gasteiger partial charge in [-0.1, -0.05) is 22.3 Å². The molecule has 1 heterocycles. The largest absolute Gasteiger partial charge is 0.471 e. The topological polar surface area (TPSA) is 104 Å². The zero-order chi connectivity index (χ0) is 17.7. The monoisotopic (exact) mass is 338 g/mol.